The monoisotopic (exact) mass is 531 g/mol. The molecule has 2 N–H and O–H groups in total. The second-order valence-electron chi connectivity index (χ2n) is 9.59. The van der Waals surface area contributed by atoms with Crippen molar-refractivity contribution in [2.75, 3.05) is 0 Å². The van der Waals surface area contributed by atoms with Gasteiger partial charge in [-0.05, 0) is 92.7 Å². The molecule has 0 saturated carbocycles. The van der Waals surface area contributed by atoms with E-state index in [9.17, 15) is 14.7 Å². The minimum Gasteiger partial charge on any atom is -0.478 e. The van der Waals surface area contributed by atoms with Crippen molar-refractivity contribution in [3.05, 3.63) is 124 Å². The van der Waals surface area contributed by atoms with E-state index in [1.165, 1.54) is 5.39 Å². The van der Waals surface area contributed by atoms with Crippen LogP contribution in [-0.2, 0) is 13.1 Å². The fourth-order valence-corrected chi connectivity index (χ4v) is 5.59. The Morgan fingerprint density at radius 3 is 2.54 bits per heavy atom. The Kier molecular flexibility index (Phi) is 6.42. The molecule has 0 aliphatic rings. The molecule has 0 radical (unpaired) electrons. The molecule has 192 valence electrons. The summed E-state index contributed by atoms with van der Waals surface area (Å²) in [6, 6.07) is 25.6. The molecule has 0 bridgehead atoms. The van der Waals surface area contributed by atoms with Crippen molar-refractivity contribution in [1.29, 1.82) is 0 Å². The number of hydrogen-bond donors (Lipinski definition) is 2. The van der Waals surface area contributed by atoms with Crippen LogP contribution in [0.4, 0.5) is 0 Å². The van der Waals surface area contributed by atoms with E-state index in [1.807, 2.05) is 47.4 Å². The summed E-state index contributed by atoms with van der Waals surface area (Å²) in [6.45, 7) is 2.66. The van der Waals surface area contributed by atoms with Gasteiger partial charge in [-0.3, -0.25) is 9.48 Å². The highest BCUT2D eigenvalue weighted by atomic mass is 32.1. The molecule has 0 spiro atoms. The van der Waals surface area contributed by atoms with Crippen LogP contribution >= 0.6 is 11.3 Å². The fraction of sp³-hybridized carbons (Fsp3) is 0.0938. The van der Waals surface area contributed by atoms with Gasteiger partial charge in [-0.15, -0.1) is 0 Å². The third-order valence-electron chi connectivity index (χ3n) is 7.01. The predicted molar refractivity (Wildman–Crippen MR) is 155 cm³/mol. The van der Waals surface area contributed by atoms with Crippen LogP contribution in [0.5, 0.6) is 0 Å². The number of nitrogens with one attached hydrogen (secondary N) is 1. The average molecular weight is 532 g/mol. The van der Waals surface area contributed by atoms with Gasteiger partial charge in [-0.2, -0.15) is 16.4 Å². The highest BCUT2D eigenvalue weighted by Crippen LogP contribution is 2.30. The van der Waals surface area contributed by atoms with Crippen molar-refractivity contribution in [2.24, 2.45) is 0 Å². The largest absolute Gasteiger partial charge is 0.478 e. The highest BCUT2D eigenvalue weighted by Gasteiger charge is 2.18. The van der Waals surface area contributed by atoms with Crippen molar-refractivity contribution < 1.29 is 14.7 Å². The van der Waals surface area contributed by atoms with E-state index in [0.717, 1.165) is 44.1 Å². The maximum Gasteiger partial charge on any atom is 0.335 e. The van der Waals surface area contributed by atoms with Crippen LogP contribution in [0.1, 0.15) is 37.4 Å². The van der Waals surface area contributed by atoms with Crippen molar-refractivity contribution in [3.63, 3.8) is 0 Å². The molecular formula is C32H25N3O3S. The normalized spacial score (nSPS) is 11.2. The number of carboxylic acid groups (broad SMARTS) is 1. The molecular weight excluding hydrogens is 506 g/mol. The number of aromatic carboxylic acids is 1. The minimum absolute atomic E-state index is 0.209. The van der Waals surface area contributed by atoms with E-state index in [2.05, 4.69) is 52.2 Å². The molecule has 0 atom stereocenters. The maximum absolute atomic E-state index is 13.7. The van der Waals surface area contributed by atoms with Crippen molar-refractivity contribution in [3.8, 4) is 11.1 Å². The Balaban J connectivity index is 1.36. The van der Waals surface area contributed by atoms with Gasteiger partial charge in [0.25, 0.3) is 5.91 Å². The first kappa shape index (κ1) is 24.6. The fourth-order valence-electron chi connectivity index (χ4n) is 4.93. The second-order valence-corrected chi connectivity index (χ2v) is 10.4. The molecule has 6 rings (SSSR count). The van der Waals surface area contributed by atoms with Gasteiger partial charge in [0.15, 0.2) is 0 Å². The molecule has 2 aromatic heterocycles. The minimum atomic E-state index is -0.971. The lowest BCUT2D eigenvalue weighted by Crippen LogP contribution is -2.24. The Bertz CT molecular complexity index is 1850. The van der Waals surface area contributed by atoms with Gasteiger partial charge in [0.1, 0.15) is 0 Å². The molecule has 39 heavy (non-hydrogen) atoms. The number of hydrogen-bond acceptors (Lipinski definition) is 4. The maximum atomic E-state index is 13.7. The summed E-state index contributed by atoms with van der Waals surface area (Å²) >= 11 is 1.61. The molecule has 0 saturated heterocycles. The Morgan fingerprint density at radius 2 is 1.77 bits per heavy atom. The number of carboxylic acids is 1. The number of aryl methyl sites for hydroxylation is 1. The molecule has 0 aliphatic heterocycles. The van der Waals surface area contributed by atoms with E-state index in [4.69, 9.17) is 0 Å². The topological polar surface area (TPSA) is 84.2 Å². The number of benzene rings is 4. The summed E-state index contributed by atoms with van der Waals surface area (Å²) < 4.78 is 1.89. The van der Waals surface area contributed by atoms with E-state index < -0.39 is 5.97 Å². The first-order valence-corrected chi connectivity index (χ1v) is 13.5. The average Bonchev–Trinajstić information content (AvgIpc) is 3.62. The summed E-state index contributed by atoms with van der Waals surface area (Å²) in [7, 11) is 0. The lowest BCUT2D eigenvalue weighted by molar-refractivity contribution is 0.0696. The van der Waals surface area contributed by atoms with Crippen molar-refractivity contribution in [1.82, 2.24) is 15.1 Å². The van der Waals surface area contributed by atoms with Crippen molar-refractivity contribution in [2.45, 2.75) is 20.0 Å². The van der Waals surface area contributed by atoms with Crippen LogP contribution in [0.3, 0.4) is 0 Å². The van der Waals surface area contributed by atoms with Gasteiger partial charge in [-0.1, -0.05) is 42.5 Å². The highest BCUT2D eigenvalue weighted by molar-refractivity contribution is 7.08. The zero-order valence-corrected chi connectivity index (χ0v) is 22.0. The second kappa shape index (κ2) is 10.2. The number of rotatable bonds is 7. The molecule has 0 fully saturated rings. The number of fused-ring (bicyclic) bond motifs is 2. The Hall–Kier alpha value is -4.75. The molecule has 6 nitrogen and oxygen atoms in total. The molecule has 0 aliphatic carbocycles. The third-order valence-corrected chi connectivity index (χ3v) is 7.69. The number of amides is 1. The lowest BCUT2D eigenvalue weighted by atomic mass is 10.0. The first-order valence-electron chi connectivity index (χ1n) is 12.6. The number of aromatic nitrogens is 2. The molecule has 7 heteroatoms. The molecule has 2 heterocycles. The number of nitrogens with zero attached hydrogens (tertiary/aromatic N) is 2. The predicted octanol–water partition coefficient (Wildman–Crippen LogP) is 6.90. The van der Waals surface area contributed by atoms with Crippen LogP contribution in [0.15, 0.2) is 95.8 Å². The summed E-state index contributed by atoms with van der Waals surface area (Å²) in [6.07, 6.45) is 1.82. The first-order chi connectivity index (χ1) is 19.0. The van der Waals surface area contributed by atoms with E-state index in [0.29, 0.717) is 12.1 Å². The zero-order chi connectivity index (χ0) is 26.9. The van der Waals surface area contributed by atoms with Gasteiger partial charge in [0, 0.05) is 11.9 Å². The number of thiophene rings is 1. The molecule has 6 aromatic rings. The van der Waals surface area contributed by atoms with E-state index >= 15 is 0 Å². The van der Waals surface area contributed by atoms with Gasteiger partial charge in [0.05, 0.1) is 29.4 Å². The lowest BCUT2D eigenvalue weighted by Gasteiger charge is -2.13. The summed E-state index contributed by atoms with van der Waals surface area (Å²) in [5, 5.41) is 24.3. The van der Waals surface area contributed by atoms with Crippen LogP contribution in [0.2, 0.25) is 0 Å². The van der Waals surface area contributed by atoms with Gasteiger partial charge in [0.2, 0.25) is 0 Å². The number of carbonyl (C=O) groups is 2. The Morgan fingerprint density at radius 1 is 0.923 bits per heavy atom. The number of carbonyl (C=O) groups excluding carboxylic acids is 1. The van der Waals surface area contributed by atoms with Crippen LogP contribution in [-0.4, -0.2) is 26.8 Å². The van der Waals surface area contributed by atoms with E-state index in [-0.39, 0.29) is 18.0 Å². The zero-order valence-electron chi connectivity index (χ0n) is 21.2. The van der Waals surface area contributed by atoms with Gasteiger partial charge in [-0.25, -0.2) is 4.79 Å². The van der Waals surface area contributed by atoms with Gasteiger partial charge >= 0.3 is 5.97 Å². The van der Waals surface area contributed by atoms with Crippen LogP contribution < -0.4 is 5.32 Å². The molecule has 0 unspecified atom stereocenters. The summed E-state index contributed by atoms with van der Waals surface area (Å²) in [5.41, 5.74) is 6.34. The van der Waals surface area contributed by atoms with Crippen LogP contribution in [0, 0.1) is 6.92 Å². The molecule has 1 amide bonds. The van der Waals surface area contributed by atoms with Gasteiger partial charge < -0.3 is 10.4 Å². The van der Waals surface area contributed by atoms with Crippen molar-refractivity contribution >= 4 is 44.9 Å². The standard InChI is InChI=1S/C32H25N3O3S/c1-20-12-24(32(37)38)8-9-25(20)16-33-31(36)29-15-27(26-10-11-39-19-26)14-28-17-34-35(30(28)29)18-21-6-7-22-4-2-3-5-23(22)13-21/h2-15,17,19H,16,18H2,1H3,(H,33,36)(H,37,38). The van der Waals surface area contributed by atoms with E-state index in [1.54, 1.807) is 29.5 Å². The summed E-state index contributed by atoms with van der Waals surface area (Å²) in [5.74, 6) is -1.18. The third kappa shape index (κ3) is 4.92. The smallest absolute Gasteiger partial charge is 0.335 e. The molecule has 4 aromatic carbocycles. The summed E-state index contributed by atoms with van der Waals surface area (Å²) in [4.78, 5) is 25.0. The SMILES string of the molecule is Cc1cc(C(=O)O)ccc1CNC(=O)c1cc(-c2ccsc2)cc2cnn(Cc3ccc4ccccc4c3)c12. The van der Waals surface area contributed by atoms with Crippen LogP contribution in [0.25, 0.3) is 32.8 Å². The Labute approximate surface area is 229 Å². The quantitative estimate of drug-likeness (QED) is 0.235.